The maximum atomic E-state index is 12.5. The molecule has 2 atom stereocenters. The van der Waals surface area contributed by atoms with Gasteiger partial charge in [0.2, 0.25) is 0 Å². The lowest BCUT2D eigenvalue weighted by molar-refractivity contribution is 0.0145. The number of hydrogen-bond acceptors (Lipinski definition) is 5. The summed E-state index contributed by atoms with van der Waals surface area (Å²) in [6.45, 7) is 5.49. The molecule has 0 radical (unpaired) electrons. The van der Waals surface area contributed by atoms with Gasteiger partial charge in [0.05, 0.1) is 35.6 Å². The number of aromatic carboxylic acids is 1. The van der Waals surface area contributed by atoms with Crippen molar-refractivity contribution in [3.63, 3.8) is 0 Å². The third kappa shape index (κ3) is 3.41. The van der Waals surface area contributed by atoms with Gasteiger partial charge in [0.1, 0.15) is 11.3 Å². The van der Waals surface area contributed by atoms with Crippen LogP contribution in [0.25, 0.3) is 11.3 Å². The zero-order chi connectivity index (χ0) is 21.6. The van der Waals surface area contributed by atoms with Gasteiger partial charge in [-0.3, -0.25) is 4.79 Å². The number of hydrogen-bond donors (Lipinski definition) is 1. The molecule has 3 heterocycles. The zero-order valence-corrected chi connectivity index (χ0v) is 17.9. The normalized spacial score (nSPS) is 20.9. The average Bonchev–Trinajstić information content (AvgIpc) is 3.01. The molecule has 1 saturated heterocycles. The van der Waals surface area contributed by atoms with Crippen molar-refractivity contribution in [2.45, 2.75) is 37.8 Å². The molecule has 2 aliphatic rings. The predicted molar refractivity (Wildman–Crippen MR) is 112 cm³/mol. The molecule has 2 aliphatic heterocycles. The maximum Gasteiger partial charge on any atom is 0.341 e. The van der Waals surface area contributed by atoms with E-state index in [1.807, 2.05) is 24.5 Å². The summed E-state index contributed by atoms with van der Waals surface area (Å²) >= 11 is 6.49. The van der Waals surface area contributed by atoms with Crippen LogP contribution in [0.3, 0.4) is 0 Å². The standard InChI is InChI=1S/C22H24ClNO6/c1-22(2)20-15(11-30-22)12-8-19(29-6-4-5-28-3)16(23)7-13(12)17-9-18(25)14(21(26)27)10-24(17)20/h7-10,15,20H,4-6,11H2,1-3H3,(H,26,27). The highest BCUT2D eigenvalue weighted by Gasteiger charge is 2.49. The molecular weight excluding hydrogens is 410 g/mol. The largest absolute Gasteiger partial charge is 0.492 e. The molecule has 1 aromatic heterocycles. The second-order valence-electron chi connectivity index (χ2n) is 8.18. The predicted octanol–water partition coefficient (Wildman–Crippen LogP) is 3.73. The van der Waals surface area contributed by atoms with Gasteiger partial charge in [0.25, 0.3) is 0 Å². The average molecular weight is 434 g/mol. The fraction of sp³-hybridized carbons (Fsp3) is 0.455. The van der Waals surface area contributed by atoms with Crippen LogP contribution in [0.1, 0.15) is 48.1 Å². The van der Waals surface area contributed by atoms with E-state index in [-0.39, 0.29) is 17.5 Å². The summed E-state index contributed by atoms with van der Waals surface area (Å²) in [5.74, 6) is -0.689. The topological polar surface area (TPSA) is 87.0 Å². The lowest BCUT2D eigenvalue weighted by atomic mass is 9.79. The highest BCUT2D eigenvalue weighted by Crippen LogP contribution is 2.53. The first-order valence-corrected chi connectivity index (χ1v) is 10.2. The van der Waals surface area contributed by atoms with Crippen molar-refractivity contribution in [1.29, 1.82) is 0 Å². The van der Waals surface area contributed by atoms with Crippen LogP contribution in [0.2, 0.25) is 5.02 Å². The van der Waals surface area contributed by atoms with Gasteiger partial charge >= 0.3 is 5.97 Å². The molecule has 0 aliphatic carbocycles. The van der Waals surface area contributed by atoms with Crippen LogP contribution in [0.15, 0.2) is 29.2 Å². The van der Waals surface area contributed by atoms with Crippen LogP contribution in [0.5, 0.6) is 5.75 Å². The Balaban J connectivity index is 1.86. The van der Waals surface area contributed by atoms with E-state index in [0.29, 0.717) is 36.3 Å². The smallest absolute Gasteiger partial charge is 0.341 e. The first-order chi connectivity index (χ1) is 14.2. The SMILES string of the molecule is COCCCOc1cc2c(cc1Cl)-c1cc(=O)c(C(=O)O)cn1C1C2COC1(C)C. The molecule has 0 amide bonds. The van der Waals surface area contributed by atoms with E-state index in [4.69, 9.17) is 25.8 Å². The fourth-order valence-electron chi connectivity index (χ4n) is 4.50. The molecule has 0 spiro atoms. The summed E-state index contributed by atoms with van der Waals surface area (Å²) in [7, 11) is 1.64. The number of benzene rings is 1. The van der Waals surface area contributed by atoms with Gasteiger partial charge in [-0.2, -0.15) is 0 Å². The Morgan fingerprint density at radius 2 is 2.10 bits per heavy atom. The maximum absolute atomic E-state index is 12.5. The van der Waals surface area contributed by atoms with Crippen molar-refractivity contribution in [3.8, 4) is 17.0 Å². The minimum Gasteiger partial charge on any atom is -0.492 e. The third-order valence-electron chi connectivity index (χ3n) is 5.87. The number of pyridine rings is 1. The Morgan fingerprint density at radius 1 is 1.33 bits per heavy atom. The number of carbonyl (C=O) groups is 1. The highest BCUT2D eigenvalue weighted by atomic mass is 35.5. The number of carboxylic acid groups (broad SMARTS) is 1. The van der Waals surface area contributed by atoms with Gasteiger partial charge < -0.3 is 23.9 Å². The van der Waals surface area contributed by atoms with Crippen molar-refractivity contribution in [3.05, 3.63) is 50.8 Å². The Kier molecular flexibility index (Phi) is 5.38. The molecule has 1 N–H and O–H groups in total. The first-order valence-electron chi connectivity index (χ1n) is 9.83. The van der Waals surface area contributed by atoms with E-state index in [0.717, 1.165) is 17.5 Å². The van der Waals surface area contributed by atoms with Crippen LogP contribution in [0, 0.1) is 0 Å². The molecular formula is C22H24ClNO6. The van der Waals surface area contributed by atoms with Gasteiger partial charge in [-0.25, -0.2) is 4.79 Å². The van der Waals surface area contributed by atoms with E-state index in [1.54, 1.807) is 13.2 Å². The minimum absolute atomic E-state index is 0.0229. The number of carboxylic acids is 1. The van der Waals surface area contributed by atoms with Gasteiger partial charge in [0, 0.05) is 43.9 Å². The van der Waals surface area contributed by atoms with Crippen molar-refractivity contribution in [2.75, 3.05) is 26.9 Å². The van der Waals surface area contributed by atoms with Crippen LogP contribution >= 0.6 is 11.6 Å². The van der Waals surface area contributed by atoms with E-state index in [9.17, 15) is 14.7 Å². The molecule has 1 fully saturated rings. The molecule has 2 unspecified atom stereocenters. The number of ether oxygens (including phenoxy) is 3. The monoisotopic (exact) mass is 433 g/mol. The van der Waals surface area contributed by atoms with Gasteiger partial charge in [-0.1, -0.05) is 11.6 Å². The molecule has 0 bridgehead atoms. The zero-order valence-electron chi connectivity index (χ0n) is 17.1. The number of aromatic nitrogens is 1. The summed E-state index contributed by atoms with van der Waals surface area (Å²) in [4.78, 5) is 24.0. The lowest BCUT2D eigenvalue weighted by Gasteiger charge is -2.38. The Labute approximate surface area is 179 Å². The van der Waals surface area contributed by atoms with Gasteiger partial charge in [0.15, 0.2) is 5.43 Å². The molecule has 0 saturated carbocycles. The van der Waals surface area contributed by atoms with Crippen LogP contribution < -0.4 is 10.2 Å². The van der Waals surface area contributed by atoms with Crippen LogP contribution in [0.4, 0.5) is 0 Å². The summed E-state index contributed by atoms with van der Waals surface area (Å²) in [6, 6.07) is 4.92. The minimum atomic E-state index is -1.24. The molecule has 30 heavy (non-hydrogen) atoms. The van der Waals surface area contributed by atoms with E-state index >= 15 is 0 Å². The van der Waals surface area contributed by atoms with Crippen molar-refractivity contribution < 1.29 is 24.1 Å². The summed E-state index contributed by atoms with van der Waals surface area (Å²) in [5, 5.41) is 9.88. The molecule has 160 valence electrons. The Bertz CT molecular complexity index is 1060. The first kappa shape index (κ1) is 20.9. The second-order valence-corrected chi connectivity index (χ2v) is 8.59. The summed E-state index contributed by atoms with van der Waals surface area (Å²) in [6.07, 6.45) is 2.17. The van der Waals surface area contributed by atoms with E-state index in [1.165, 1.54) is 12.3 Å². The second kappa shape index (κ2) is 7.72. The van der Waals surface area contributed by atoms with Crippen molar-refractivity contribution in [2.24, 2.45) is 0 Å². The summed E-state index contributed by atoms with van der Waals surface area (Å²) < 4.78 is 18.9. The third-order valence-corrected chi connectivity index (χ3v) is 6.16. The lowest BCUT2D eigenvalue weighted by Crippen LogP contribution is -2.36. The highest BCUT2D eigenvalue weighted by molar-refractivity contribution is 6.32. The summed E-state index contributed by atoms with van der Waals surface area (Å²) in [5.41, 5.74) is 1.08. The number of nitrogens with zero attached hydrogens (tertiary/aromatic N) is 1. The Hall–Kier alpha value is -2.35. The van der Waals surface area contributed by atoms with Crippen molar-refractivity contribution in [1.82, 2.24) is 4.57 Å². The number of rotatable bonds is 6. The van der Waals surface area contributed by atoms with E-state index in [2.05, 4.69) is 0 Å². The number of fused-ring (bicyclic) bond motifs is 6. The van der Waals surface area contributed by atoms with Gasteiger partial charge in [-0.05, 0) is 31.5 Å². The quantitative estimate of drug-likeness (QED) is 0.698. The number of methoxy groups -OCH3 is 1. The van der Waals surface area contributed by atoms with Gasteiger partial charge in [-0.15, -0.1) is 0 Å². The number of halogens is 1. The Morgan fingerprint density at radius 3 is 2.80 bits per heavy atom. The van der Waals surface area contributed by atoms with Crippen LogP contribution in [-0.4, -0.2) is 48.2 Å². The molecule has 8 heteroatoms. The molecule has 2 aromatic rings. The van der Waals surface area contributed by atoms with Crippen molar-refractivity contribution >= 4 is 17.6 Å². The van der Waals surface area contributed by atoms with Crippen LogP contribution in [-0.2, 0) is 9.47 Å². The fourth-order valence-corrected chi connectivity index (χ4v) is 4.72. The molecule has 4 rings (SSSR count). The molecule has 1 aromatic carbocycles. The molecule has 7 nitrogen and oxygen atoms in total. The van der Waals surface area contributed by atoms with E-state index < -0.39 is 17.0 Å².